The first-order valence-electron chi connectivity index (χ1n) is 41.8. The van der Waals surface area contributed by atoms with Gasteiger partial charge in [-0.15, -0.1) is 0 Å². The fourth-order valence-electron chi connectivity index (χ4n) is 21.2. The van der Waals surface area contributed by atoms with Crippen LogP contribution in [0.25, 0.3) is 111 Å². The van der Waals surface area contributed by atoms with Crippen LogP contribution in [0.3, 0.4) is 0 Å². The molecule has 2 aromatic heterocycles. The number of nitrogens with zero attached hydrogens (tertiary/aromatic N) is 2. The lowest BCUT2D eigenvalue weighted by molar-refractivity contribution is 0.563. The van der Waals surface area contributed by atoms with Gasteiger partial charge in [0.25, 0.3) is 0 Å². The Kier molecular flexibility index (Phi) is 16.1. The molecule has 4 aliphatic carbocycles. The summed E-state index contributed by atoms with van der Waals surface area (Å²) in [6, 6.07) is 156. The lowest BCUT2D eigenvalue weighted by Crippen LogP contribution is -2.40. The monoisotopic (exact) mass is 1530 g/mol. The molecular weight excluding hydrogens is 1450 g/mol. The van der Waals surface area contributed by atoms with Gasteiger partial charge in [-0.3, -0.25) is 0 Å². The topological polar surface area (TPSA) is 32.8 Å². The van der Waals surface area contributed by atoms with Crippen LogP contribution >= 0.6 is 0 Å². The van der Waals surface area contributed by atoms with Gasteiger partial charge in [0, 0.05) is 78.6 Å². The van der Waals surface area contributed by atoms with Crippen LogP contribution in [0.5, 0.6) is 0 Å². The highest BCUT2D eigenvalue weighted by atomic mass is 16.3. The molecule has 0 N–H and O–H groups in total. The molecule has 2 spiro atoms. The third-order valence-electron chi connectivity index (χ3n) is 26.7. The van der Waals surface area contributed by atoms with Gasteiger partial charge in [0.05, 0.1) is 10.8 Å². The number of rotatable bonds is 10. The molecule has 4 nitrogen and oxygen atoms in total. The lowest BCUT2D eigenvalue weighted by atomic mass is 9.55. The number of para-hydroxylation sites is 2. The Bertz CT molecular complexity index is 7370. The molecule has 0 radical (unpaired) electrons. The zero-order valence-corrected chi connectivity index (χ0v) is 67.1. The van der Waals surface area contributed by atoms with Gasteiger partial charge >= 0.3 is 0 Å². The first-order chi connectivity index (χ1) is 59.0. The Morgan fingerprint density at radius 3 is 0.842 bits per heavy atom. The standard InChI is InChI=1S/2C58H41NO/c1-57(2)51-22-9-11-24-53(51)58(54-25-12-10-23-52(54)57)49-21-8-6-19-45(49)48-36-41(29-34-50(48)58)40-17-14-18-43(35-40)59(42-30-27-39(28-31-42)38-15-4-3-5-16-38)44-32-33-47-46-20-7-13-26-55(46)60-56(47)37-44;1-57(2)51-19-9-11-21-53(51)58(54-22-12-10-20-52(54)57)49-18-8-6-16-45(49)48-36-41(28-35-50(48)58)40-26-31-43(32-27-40)59(42-29-24-39(25-30-42)38-14-4-3-5-15-38)44-33-34-47-46-17-7-13-23-55(46)60-56(47)37-44/h2*3-37H,1-2H3. The highest BCUT2D eigenvalue weighted by Crippen LogP contribution is 2.65. The van der Waals surface area contributed by atoms with Gasteiger partial charge in [0.1, 0.15) is 22.3 Å². The minimum absolute atomic E-state index is 0.118. The second-order valence-corrected chi connectivity index (χ2v) is 33.7. The Morgan fingerprint density at radius 2 is 0.433 bits per heavy atom. The molecule has 0 atom stereocenters. The molecule has 0 bridgehead atoms. The quantitative estimate of drug-likeness (QED) is 0.137. The van der Waals surface area contributed by atoms with E-state index < -0.39 is 10.8 Å². The Hall–Kier alpha value is -14.8. The third-order valence-corrected chi connectivity index (χ3v) is 26.7. The summed E-state index contributed by atoms with van der Waals surface area (Å²) in [7, 11) is 0. The molecule has 568 valence electrons. The number of benzene rings is 18. The maximum absolute atomic E-state index is 6.43. The summed E-state index contributed by atoms with van der Waals surface area (Å²) in [5.41, 5.74) is 40.1. The van der Waals surface area contributed by atoms with Crippen LogP contribution in [0.4, 0.5) is 34.1 Å². The lowest BCUT2D eigenvalue weighted by Gasteiger charge is -2.46. The van der Waals surface area contributed by atoms with Gasteiger partial charge < -0.3 is 18.6 Å². The Morgan fingerprint density at radius 1 is 0.167 bits per heavy atom. The summed E-state index contributed by atoms with van der Waals surface area (Å²) < 4.78 is 12.8. The van der Waals surface area contributed by atoms with E-state index in [4.69, 9.17) is 8.83 Å². The zero-order chi connectivity index (χ0) is 80.0. The third kappa shape index (κ3) is 10.7. The number of furan rings is 2. The predicted molar refractivity (Wildman–Crippen MR) is 497 cm³/mol. The summed E-state index contributed by atoms with van der Waals surface area (Å²) in [6.45, 7) is 9.52. The normalized spacial score (nSPS) is 14.1. The summed E-state index contributed by atoms with van der Waals surface area (Å²) >= 11 is 0. The first-order valence-corrected chi connectivity index (χ1v) is 41.8. The SMILES string of the molecule is CC1(C)c2ccccc2C2(c3ccccc3-c3cc(-c4ccc(N(c5ccc(-c6ccccc6)cc5)c5ccc6c(c5)oc5ccccc56)cc4)ccc32)c2ccccc21.CC1(C)c2ccccc2C2(c3ccccc3-c3cc(-c4cccc(N(c5ccc(-c6ccccc6)cc5)c5ccc6c(c5)oc5ccccc56)c4)ccc32)c2ccccc21. The fourth-order valence-corrected chi connectivity index (χ4v) is 21.2. The average molecular weight is 1540 g/mol. The van der Waals surface area contributed by atoms with Crippen molar-refractivity contribution < 1.29 is 8.83 Å². The highest BCUT2D eigenvalue weighted by molar-refractivity contribution is 6.08. The molecule has 24 rings (SSSR count). The molecular formula is C116H82N2O2. The van der Waals surface area contributed by atoms with Crippen LogP contribution in [-0.4, -0.2) is 0 Å². The largest absolute Gasteiger partial charge is 0.456 e. The van der Waals surface area contributed by atoms with Crippen molar-refractivity contribution in [2.75, 3.05) is 9.80 Å². The molecule has 0 saturated carbocycles. The molecule has 20 aromatic rings. The molecule has 0 unspecified atom stereocenters. The van der Waals surface area contributed by atoms with Crippen LogP contribution in [0, 0.1) is 0 Å². The smallest absolute Gasteiger partial charge is 0.137 e. The minimum Gasteiger partial charge on any atom is -0.456 e. The van der Waals surface area contributed by atoms with E-state index in [2.05, 4.69) is 438 Å². The van der Waals surface area contributed by atoms with Gasteiger partial charge in [-0.2, -0.15) is 0 Å². The zero-order valence-electron chi connectivity index (χ0n) is 67.1. The predicted octanol–water partition coefficient (Wildman–Crippen LogP) is 30.8. The van der Waals surface area contributed by atoms with Crippen LogP contribution in [0.1, 0.15) is 94.5 Å². The van der Waals surface area contributed by atoms with Crippen LogP contribution < -0.4 is 9.80 Å². The second-order valence-electron chi connectivity index (χ2n) is 33.7. The summed E-state index contributed by atoms with van der Waals surface area (Å²) in [6.07, 6.45) is 0. The summed E-state index contributed by atoms with van der Waals surface area (Å²) in [4.78, 5) is 4.67. The van der Waals surface area contributed by atoms with Gasteiger partial charge in [-0.1, -0.05) is 343 Å². The van der Waals surface area contributed by atoms with E-state index in [1.807, 2.05) is 24.3 Å². The number of hydrogen-bond donors (Lipinski definition) is 0. The van der Waals surface area contributed by atoms with Crippen LogP contribution in [0.15, 0.2) is 433 Å². The van der Waals surface area contributed by atoms with Gasteiger partial charge in [-0.25, -0.2) is 0 Å². The van der Waals surface area contributed by atoms with Gasteiger partial charge in [0.15, 0.2) is 0 Å². The summed E-state index contributed by atoms with van der Waals surface area (Å²) in [5.74, 6) is 0. The summed E-state index contributed by atoms with van der Waals surface area (Å²) in [5, 5.41) is 4.49. The fraction of sp³-hybridized carbons (Fsp3) is 0.0690. The van der Waals surface area contributed by atoms with E-state index in [1.165, 1.54) is 128 Å². The van der Waals surface area contributed by atoms with Crippen LogP contribution in [-0.2, 0) is 21.7 Å². The Labute approximate surface area is 699 Å². The van der Waals surface area contributed by atoms with Crippen molar-refractivity contribution in [2.45, 2.75) is 49.4 Å². The molecule has 18 aromatic carbocycles. The maximum Gasteiger partial charge on any atom is 0.137 e. The van der Waals surface area contributed by atoms with Crippen molar-refractivity contribution in [2.24, 2.45) is 0 Å². The molecule has 4 aliphatic rings. The van der Waals surface area contributed by atoms with E-state index in [0.717, 1.165) is 83.6 Å². The van der Waals surface area contributed by atoms with Crippen LogP contribution in [0.2, 0.25) is 0 Å². The average Bonchev–Trinajstić information content (AvgIpc) is 1.47. The van der Waals surface area contributed by atoms with Crippen molar-refractivity contribution in [1.82, 2.24) is 0 Å². The van der Waals surface area contributed by atoms with Crippen molar-refractivity contribution in [3.63, 3.8) is 0 Å². The molecule has 120 heavy (non-hydrogen) atoms. The van der Waals surface area contributed by atoms with Crippen molar-refractivity contribution in [3.05, 3.63) is 491 Å². The molecule has 4 heteroatoms. The minimum atomic E-state index is -0.410. The van der Waals surface area contributed by atoms with Gasteiger partial charge in [0.2, 0.25) is 0 Å². The highest BCUT2D eigenvalue weighted by Gasteiger charge is 2.55. The molecule has 0 saturated heterocycles. The Balaban J connectivity index is 0.000000140. The van der Waals surface area contributed by atoms with Crippen molar-refractivity contribution in [1.29, 1.82) is 0 Å². The molecule has 0 aliphatic heterocycles. The van der Waals surface area contributed by atoms with Crippen molar-refractivity contribution in [3.8, 4) is 66.8 Å². The number of fused-ring (bicyclic) bond motifs is 24. The van der Waals surface area contributed by atoms with E-state index in [9.17, 15) is 0 Å². The number of anilines is 6. The maximum atomic E-state index is 6.43. The van der Waals surface area contributed by atoms with E-state index in [1.54, 1.807) is 0 Å². The van der Waals surface area contributed by atoms with E-state index in [-0.39, 0.29) is 10.8 Å². The molecule has 0 amide bonds. The van der Waals surface area contributed by atoms with Crippen molar-refractivity contribution >= 4 is 78.0 Å². The number of hydrogen-bond acceptors (Lipinski definition) is 4. The molecule has 0 fully saturated rings. The second kappa shape index (κ2) is 27.4. The van der Waals surface area contributed by atoms with Gasteiger partial charge in [-0.05, 0) is 231 Å². The van der Waals surface area contributed by atoms with E-state index in [0.29, 0.717) is 0 Å². The molecule has 2 heterocycles. The van der Waals surface area contributed by atoms with E-state index >= 15 is 0 Å². The first kappa shape index (κ1) is 70.6.